The van der Waals surface area contributed by atoms with Gasteiger partial charge in [0.05, 0.1) is 16.3 Å². The molecule has 2 aromatic heterocycles. The molecule has 1 aromatic carbocycles. The number of aromatic nitrogens is 3. The number of aliphatic hydroxyl groups excluding tert-OH is 1. The number of H-pyrrole nitrogens is 1. The number of nitrogens with one attached hydrogen (secondary N) is 3. The maximum Gasteiger partial charge on any atom is 0.264 e. The highest BCUT2D eigenvalue weighted by atomic mass is 32.1. The molecule has 3 aromatic rings. The summed E-state index contributed by atoms with van der Waals surface area (Å²) in [4.78, 5) is 28.1. The number of para-hydroxylation sites is 1. The minimum absolute atomic E-state index is 0.178. The predicted molar refractivity (Wildman–Crippen MR) is 130 cm³/mol. The van der Waals surface area contributed by atoms with Crippen LogP contribution in [0, 0.1) is 0 Å². The van der Waals surface area contributed by atoms with E-state index in [1.165, 1.54) is 11.3 Å². The van der Waals surface area contributed by atoms with E-state index in [4.69, 9.17) is 9.97 Å². The van der Waals surface area contributed by atoms with Crippen LogP contribution in [0.15, 0.2) is 29.1 Å². The Balaban J connectivity index is 1.53. The summed E-state index contributed by atoms with van der Waals surface area (Å²) in [6, 6.07) is 8.40. The molecule has 0 radical (unpaired) electrons. The van der Waals surface area contributed by atoms with Gasteiger partial charge in [0.2, 0.25) is 5.95 Å². The molecule has 0 unspecified atom stereocenters. The Morgan fingerprint density at radius 2 is 1.97 bits per heavy atom. The molecule has 9 heteroatoms. The van der Waals surface area contributed by atoms with Gasteiger partial charge < -0.3 is 20.6 Å². The lowest BCUT2D eigenvalue weighted by Gasteiger charge is -2.33. The van der Waals surface area contributed by atoms with Crippen LogP contribution in [-0.2, 0) is 0 Å². The molecule has 0 spiro atoms. The van der Waals surface area contributed by atoms with Crippen molar-refractivity contribution in [3.8, 4) is 10.6 Å². The number of hydrogen-bond donors (Lipinski definition) is 4. The van der Waals surface area contributed by atoms with Crippen molar-refractivity contribution in [3.63, 3.8) is 0 Å². The van der Waals surface area contributed by atoms with Crippen LogP contribution in [0.3, 0.4) is 0 Å². The number of piperidine rings is 1. The van der Waals surface area contributed by atoms with Gasteiger partial charge in [0.15, 0.2) is 0 Å². The van der Waals surface area contributed by atoms with Gasteiger partial charge in [-0.25, -0.2) is 4.98 Å². The number of nitrogens with zero attached hydrogens (tertiary/aromatic N) is 3. The molecule has 4 N–H and O–H groups in total. The van der Waals surface area contributed by atoms with E-state index in [0.717, 1.165) is 61.8 Å². The summed E-state index contributed by atoms with van der Waals surface area (Å²) < 4.78 is 1.05. The van der Waals surface area contributed by atoms with Crippen molar-refractivity contribution in [2.75, 3.05) is 30.4 Å². The van der Waals surface area contributed by atoms with Gasteiger partial charge in [-0.3, -0.25) is 9.78 Å². The molecule has 8 nitrogen and oxygen atoms in total. The van der Waals surface area contributed by atoms with Crippen molar-refractivity contribution in [1.29, 1.82) is 0 Å². The molecule has 1 saturated heterocycles. The summed E-state index contributed by atoms with van der Waals surface area (Å²) in [5, 5.41) is 17.5. The Morgan fingerprint density at radius 1 is 1.16 bits per heavy atom. The van der Waals surface area contributed by atoms with E-state index in [2.05, 4.69) is 20.5 Å². The molecular weight excluding hydrogens is 424 g/mol. The van der Waals surface area contributed by atoms with E-state index < -0.39 is 0 Å². The van der Waals surface area contributed by atoms with Crippen molar-refractivity contribution in [3.05, 3.63) is 34.6 Å². The third kappa shape index (κ3) is 4.37. The maximum absolute atomic E-state index is 13.4. The Labute approximate surface area is 191 Å². The zero-order valence-electron chi connectivity index (χ0n) is 18.3. The summed E-state index contributed by atoms with van der Waals surface area (Å²) in [6.07, 6.45) is 5.24. The van der Waals surface area contributed by atoms with Crippen molar-refractivity contribution < 1.29 is 5.11 Å². The van der Waals surface area contributed by atoms with Gasteiger partial charge in [0, 0.05) is 25.7 Å². The number of hydrogen-bond acceptors (Lipinski definition) is 8. The lowest BCUT2D eigenvalue weighted by Crippen LogP contribution is -2.40. The topological polar surface area (TPSA) is 106 Å². The summed E-state index contributed by atoms with van der Waals surface area (Å²) in [6.45, 7) is 1.87. The molecule has 170 valence electrons. The first-order valence-electron chi connectivity index (χ1n) is 11.5. The molecule has 2 fully saturated rings. The van der Waals surface area contributed by atoms with Crippen molar-refractivity contribution in [2.24, 2.45) is 0 Å². The molecule has 1 saturated carbocycles. The Kier molecular flexibility index (Phi) is 6.12. The van der Waals surface area contributed by atoms with Gasteiger partial charge in [-0.1, -0.05) is 12.1 Å². The average Bonchev–Trinajstić information content (AvgIpc) is 3.23. The van der Waals surface area contributed by atoms with E-state index in [-0.39, 0.29) is 23.7 Å². The summed E-state index contributed by atoms with van der Waals surface area (Å²) >= 11 is 1.52. The van der Waals surface area contributed by atoms with Gasteiger partial charge in [-0.05, 0) is 57.2 Å². The summed E-state index contributed by atoms with van der Waals surface area (Å²) in [5.41, 5.74) is 1.22. The van der Waals surface area contributed by atoms with Crippen molar-refractivity contribution >= 4 is 33.3 Å². The molecule has 1 aliphatic heterocycles. The zero-order chi connectivity index (χ0) is 22.1. The van der Waals surface area contributed by atoms with E-state index in [1.54, 1.807) is 0 Å². The van der Waals surface area contributed by atoms with Crippen LogP contribution in [0.25, 0.3) is 20.8 Å². The largest absolute Gasteiger partial charge is 0.393 e. The van der Waals surface area contributed by atoms with Crippen LogP contribution >= 0.6 is 11.3 Å². The van der Waals surface area contributed by atoms with Crippen LogP contribution in [0.5, 0.6) is 0 Å². The number of anilines is 2. The third-order valence-corrected chi connectivity index (χ3v) is 7.65. The van der Waals surface area contributed by atoms with E-state index in [0.29, 0.717) is 22.3 Å². The van der Waals surface area contributed by atoms with Gasteiger partial charge in [-0.2, -0.15) is 4.98 Å². The minimum Gasteiger partial charge on any atom is -0.393 e. The smallest absolute Gasteiger partial charge is 0.264 e. The normalized spacial score (nSPS) is 23.9. The Morgan fingerprint density at radius 3 is 2.72 bits per heavy atom. The molecule has 1 aliphatic carbocycles. The fourth-order valence-corrected chi connectivity index (χ4v) is 5.71. The second-order valence-electron chi connectivity index (χ2n) is 8.86. The molecule has 2 aliphatic rings. The number of aromatic amines is 1. The highest BCUT2D eigenvalue weighted by Crippen LogP contribution is 2.33. The monoisotopic (exact) mass is 454 g/mol. The van der Waals surface area contributed by atoms with Crippen LogP contribution < -0.4 is 21.1 Å². The molecule has 0 amide bonds. The van der Waals surface area contributed by atoms with Crippen molar-refractivity contribution in [1.82, 2.24) is 20.3 Å². The number of aliphatic hydroxyl groups is 1. The first-order valence-corrected chi connectivity index (χ1v) is 12.3. The van der Waals surface area contributed by atoms with Crippen LogP contribution in [0.4, 0.5) is 11.8 Å². The SMILES string of the molecule is CN(c1nc(N[C@@H]2CCCNC2)c(-c2nc3ccccc3s2)c(=O)[nH]1)C1CCC(O)CC1. The molecule has 5 rings (SSSR count). The van der Waals surface area contributed by atoms with Crippen molar-refractivity contribution in [2.45, 2.75) is 56.7 Å². The lowest BCUT2D eigenvalue weighted by atomic mass is 9.92. The van der Waals surface area contributed by atoms with Crippen LogP contribution in [-0.4, -0.2) is 58.4 Å². The summed E-state index contributed by atoms with van der Waals surface area (Å²) in [7, 11) is 1.98. The first-order chi connectivity index (χ1) is 15.6. The second-order valence-corrected chi connectivity index (χ2v) is 9.89. The molecule has 3 heterocycles. The average molecular weight is 455 g/mol. The number of benzene rings is 1. The van der Waals surface area contributed by atoms with Gasteiger partial charge in [0.25, 0.3) is 5.56 Å². The molecule has 0 bridgehead atoms. The first kappa shape index (κ1) is 21.4. The minimum atomic E-state index is -0.218. The van der Waals surface area contributed by atoms with Gasteiger partial charge in [0.1, 0.15) is 16.4 Å². The number of thiazole rings is 1. The predicted octanol–water partition coefficient (Wildman–Crippen LogP) is 2.95. The quantitative estimate of drug-likeness (QED) is 0.470. The molecule has 1 atom stereocenters. The maximum atomic E-state index is 13.4. The van der Waals surface area contributed by atoms with E-state index >= 15 is 0 Å². The number of fused-ring (bicyclic) bond motifs is 1. The third-order valence-electron chi connectivity index (χ3n) is 6.60. The molecular formula is C23H30N6O2S. The highest BCUT2D eigenvalue weighted by Gasteiger charge is 2.27. The molecule has 32 heavy (non-hydrogen) atoms. The summed E-state index contributed by atoms with van der Waals surface area (Å²) in [5.74, 6) is 1.16. The zero-order valence-corrected chi connectivity index (χ0v) is 19.1. The van der Waals surface area contributed by atoms with Gasteiger partial charge >= 0.3 is 0 Å². The highest BCUT2D eigenvalue weighted by molar-refractivity contribution is 7.21. The van der Waals surface area contributed by atoms with E-state index in [9.17, 15) is 9.90 Å². The van der Waals surface area contributed by atoms with Crippen LogP contribution in [0.2, 0.25) is 0 Å². The Bertz CT molecular complexity index is 1100. The van der Waals surface area contributed by atoms with Crippen LogP contribution in [0.1, 0.15) is 38.5 Å². The van der Waals surface area contributed by atoms with E-state index in [1.807, 2.05) is 31.3 Å². The lowest BCUT2D eigenvalue weighted by molar-refractivity contribution is 0.122. The fourth-order valence-electron chi connectivity index (χ4n) is 4.70. The standard InChI is InChI=1S/C23H30N6O2S/c1-29(15-8-10-16(30)11-9-15)23-27-20(25-14-5-4-12-24-13-14)19(21(31)28-23)22-26-17-6-2-3-7-18(17)32-22/h2-3,6-7,14-16,24,30H,4-5,8-13H2,1H3,(H2,25,27,28,31)/t14-,15?,16?/m1/s1. The fraction of sp³-hybridized carbons (Fsp3) is 0.522. The Hall–Kier alpha value is -2.49. The number of rotatable bonds is 5. The second kappa shape index (κ2) is 9.17. The van der Waals surface area contributed by atoms with Gasteiger partial charge in [-0.15, -0.1) is 11.3 Å².